The molecule has 0 spiro atoms. The molecule has 1 heterocycles. The first kappa shape index (κ1) is 15.2. The molecule has 1 aliphatic rings. The second kappa shape index (κ2) is 7.03. The third kappa shape index (κ3) is 4.18. The minimum Gasteiger partial charge on any atom is -0.489 e. The Hall–Kier alpha value is -1.15. The van der Waals surface area contributed by atoms with Crippen molar-refractivity contribution < 1.29 is 19.2 Å². The van der Waals surface area contributed by atoms with E-state index in [2.05, 4.69) is 16.8 Å². The van der Waals surface area contributed by atoms with E-state index >= 15 is 0 Å². The van der Waals surface area contributed by atoms with Crippen molar-refractivity contribution in [2.24, 2.45) is 0 Å². The minimum absolute atomic E-state index is 0.0599. The van der Waals surface area contributed by atoms with Gasteiger partial charge in [-0.2, -0.15) is 0 Å². The lowest BCUT2D eigenvalue weighted by Gasteiger charge is -2.32. The summed E-state index contributed by atoms with van der Waals surface area (Å²) in [6.45, 7) is 5.14. The van der Waals surface area contributed by atoms with Crippen LogP contribution in [0, 0.1) is 5.82 Å². The van der Waals surface area contributed by atoms with Gasteiger partial charge in [0.2, 0.25) is 0 Å². The Balaban J connectivity index is 1.83. The van der Waals surface area contributed by atoms with Gasteiger partial charge in [0.15, 0.2) is 11.6 Å². The molecule has 0 aliphatic carbocycles. The Morgan fingerprint density at radius 1 is 1.25 bits per heavy atom. The largest absolute Gasteiger partial charge is 0.489 e. The number of benzene rings is 1. The molecular weight excluding hydrogens is 262 g/mol. The third-order valence-corrected chi connectivity index (χ3v) is 3.51. The van der Waals surface area contributed by atoms with Crippen LogP contribution in [0.2, 0.25) is 0 Å². The molecule has 2 N–H and O–H groups in total. The molecule has 0 aromatic heterocycles. The molecule has 1 fully saturated rings. The van der Waals surface area contributed by atoms with Crippen molar-refractivity contribution in [3.05, 3.63) is 24.0 Å². The molecule has 0 unspecified atom stereocenters. The topological polar surface area (TPSA) is 56.2 Å². The summed E-state index contributed by atoms with van der Waals surface area (Å²) >= 11 is 0. The minimum atomic E-state index is -1.62. The summed E-state index contributed by atoms with van der Waals surface area (Å²) in [5.41, 5.74) is 0.223. The van der Waals surface area contributed by atoms with Gasteiger partial charge in [0.05, 0.1) is 0 Å². The van der Waals surface area contributed by atoms with Crippen molar-refractivity contribution in [1.82, 2.24) is 9.80 Å². The second-order valence-corrected chi connectivity index (χ2v) is 5.06. The molecule has 1 aromatic carbocycles. The van der Waals surface area contributed by atoms with Crippen LogP contribution in [0.1, 0.15) is 0 Å². The Morgan fingerprint density at radius 2 is 1.95 bits per heavy atom. The summed E-state index contributed by atoms with van der Waals surface area (Å²) in [6.07, 6.45) is 0. The fourth-order valence-corrected chi connectivity index (χ4v) is 2.15. The van der Waals surface area contributed by atoms with E-state index in [1.165, 1.54) is 18.2 Å². The second-order valence-electron chi connectivity index (χ2n) is 5.06. The van der Waals surface area contributed by atoms with Gasteiger partial charge in [0.1, 0.15) is 6.61 Å². The Morgan fingerprint density at radius 3 is 2.60 bits per heavy atom. The van der Waals surface area contributed by atoms with E-state index in [0.29, 0.717) is 6.61 Å². The van der Waals surface area contributed by atoms with Gasteiger partial charge in [-0.3, -0.25) is 4.90 Å². The van der Waals surface area contributed by atoms with E-state index in [0.717, 1.165) is 32.7 Å². The quantitative estimate of drug-likeness (QED) is 0.688. The zero-order valence-corrected chi connectivity index (χ0v) is 11.6. The molecule has 2 rings (SSSR count). The summed E-state index contributed by atoms with van der Waals surface area (Å²) in [5, 5.41) is 18.1. The lowest BCUT2D eigenvalue weighted by Crippen LogP contribution is -2.45. The van der Waals surface area contributed by atoms with Gasteiger partial charge in [-0.15, -0.1) is 0 Å². The third-order valence-electron chi connectivity index (χ3n) is 3.51. The summed E-state index contributed by atoms with van der Waals surface area (Å²) in [4.78, 5) is 4.53. The number of nitrogens with zero attached hydrogens (tertiary/aromatic N) is 2. The van der Waals surface area contributed by atoms with Crippen LogP contribution in [0.3, 0.4) is 0 Å². The predicted octanol–water partition coefficient (Wildman–Crippen LogP) is -0.868. The fraction of sp³-hybridized carbons (Fsp3) is 0.538. The molecular formula is C13H20BFN2O3. The van der Waals surface area contributed by atoms with Crippen LogP contribution in [0.15, 0.2) is 18.2 Å². The Bertz CT molecular complexity index is 440. The number of halogens is 1. The van der Waals surface area contributed by atoms with Crippen molar-refractivity contribution in [2.75, 3.05) is 46.4 Å². The van der Waals surface area contributed by atoms with Crippen molar-refractivity contribution >= 4 is 12.6 Å². The SMILES string of the molecule is CN1CCN(CCOc2cc(B(O)O)ccc2F)CC1. The first-order chi connectivity index (χ1) is 9.56. The fourth-order valence-electron chi connectivity index (χ4n) is 2.15. The van der Waals surface area contributed by atoms with E-state index in [4.69, 9.17) is 14.8 Å². The van der Waals surface area contributed by atoms with Gasteiger partial charge in [-0.1, -0.05) is 6.07 Å². The van der Waals surface area contributed by atoms with Gasteiger partial charge in [0, 0.05) is 32.7 Å². The van der Waals surface area contributed by atoms with Crippen molar-refractivity contribution in [2.45, 2.75) is 0 Å². The maximum Gasteiger partial charge on any atom is 0.488 e. The monoisotopic (exact) mass is 282 g/mol. The molecule has 0 amide bonds. The van der Waals surface area contributed by atoms with E-state index in [9.17, 15) is 4.39 Å². The Labute approximate surface area is 118 Å². The van der Waals surface area contributed by atoms with Crippen LogP contribution >= 0.6 is 0 Å². The van der Waals surface area contributed by atoms with E-state index in [1.54, 1.807) is 0 Å². The van der Waals surface area contributed by atoms with Gasteiger partial charge in [-0.25, -0.2) is 4.39 Å². The molecule has 0 atom stereocenters. The summed E-state index contributed by atoms with van der Waals surface area (Å²) in [6, 6.07) is 3.83. The maximum absolute atomic E-state index is 13.5. The molecule has 0 bridgehead atoms. The molecule has 1 aliphatic heterocycles. The van der Waals surface area contributed by atoms with E-state index < -0.39 is 12.9 Å². The average Bonchev–Trinajstić information content (AvgIpc) is 2.43. The molecule has 0 saturated carbocycles. The zero-order chi connectivity index (χ0) is 14.5. The van der Waals surface area contributed by atoms with Crippen molar-refractivity contribution in [3.63, 3.8) is 0 Å². The molecule has 5 nitrogen and oxygen atoms in total. The summed E-state index contributed by atoms with van der Waals surface area (Å²) in [5.74, 6) is -0.433. The van der Waals surface area contributed by atoms with Crippen LogP contribution in [0.5, 0.6) is 5.75 Å². The highest BCUT2D eigenvalue weighted by molar-refractivity contribution is 6.58. The zero-order valence-electron chi connectivity index (χ0n) is 11.6. The van der Waals surface area contributed by atoms with Crippen LogP contribution in [-0.4, -0.2) is 73.3 Å². The first-order valence-electron chi connectivity index (χ1n) is 6.75. The van der Waals surface area contributed by atoms with Gasteiger partial charge in [-0.05, 0) is 24.6 Å². The highest BCUT2D eigenvalue weighted by Crippen LogP contribution is 2.14. The molecule has 0 radical (unpaired) electrons. The number of ether oxygens (including phenoxy) is 1. The molecule has 20 heavy (non-hydrogen) atoms. The molecule has 110 valence electrons. The maximum atomic E-state index is 13.5. The Kier molecular flexibility index (Phi) is 5.36. The normalized spacial score (nSPS) is 17.2. The predicted molar refractivity (Wildman–Crippen MR) is 75.7 cm³/mol. The van der Waals surface area contributed by atoms with Crippen molar-refractivity contribution in [1.29, 1.82) is 0 Å². The summed E-state index contributed by atoms with van der Waals surface area (Å²) < 4.78 is 18.9. The molecule has 1 saturated heterocycles. The smallest absolute Gasteiger partial charge is 0.488 e. The molecule has 1 aromatic rings. The number of hydrogen-bond acceptors (Lipinski definition) is 5. The van der Waals surface area contributed by atoms with E-state index in [1.807, 2.05) is 0 Å². The summed E-state index contributed by atoms with van der Waals surface area (Å²) in [7, 11) is 0.477. The van der Waals surface area contributed by atoms with E-state index in [-0.39, 0.29) is 11.2 Å². The number of piperazine rings is 1. The highest BCUT2D eigenvalue weighted by atomic mass is 19.1. The number of rotatable bonds is 5. The van der Waals surface area contributed by atoms with Crippen LogP contribution in [0.25, 0.3) is 0 Å². The van der Waals surface area contributed by atoms with Gasteiger partial charge < -0.3 is 19.7 Å². The van der Waals surface area contributed by atoms with Crippen LogP contribution in [-0.2, 0) is 0 Å². The average molecular weight is 282 g/mol. The first-order valence-corrected chi connectivity index (χ1v) is 6.75. The van der Waals surface area contributed by atoms with Crippen LogP contribution in [0.4, 0.5) is 4.39 Å². The molecule has 7 heteroatoms. The van der Waals surface area contributed by atoms with Gasteiger partial charge in [0.25, 0.3) is 0 Å². The standard InChI is InChI=1S/C13H20BFN2O3/c1-16-4-6-17(7-5-16)8-9-20-13-10-11(14(18)19)2-3-12(13)15/h2-3,10,18-19H,4-9H2,1H3. The highest BCUT2D eigenvalue weighted by Gasteiger charge is 2.16. The number of hydrogen-bond donors (Lipinski definition) is 2. The lowest BCUT2D eigenvalue weighted by atomic mass is 9.80. The van der Waals surface area contributed by atoms with Crippen LogP contribution < -0.4 is 10.2 Å². The van der Waals surface area contributed by atoms with Crippen molar-refractivity contribution in [3.8, 4) is 5.75 Å². The number of likely N-dealkylation sites (N-methyl/N-ethyl adjacent to an activating group) is 1. The lowest BCUT2D eigenvalue weighted by molar-refractivity contribution is 0.132. The van der Waals surface area contributed by atoms with Gasteiger partial charge >= 0.3 is 7.12 Å².